The third-order valence-corrected chi connectivity index (χ3v) is 0.965. The van der Waals surface area contributed by atoms with Crippen molar-refractivity contribution in [1.82, 2.24) is 10.0 Å². The van der Waals surface area contributed by atoms with Gasteiger partial charge >= 0.3 is 0 Å². The lowest BCUT2D eigenvalue weighted by atomic mass is 10.7. The van der Waals surface area contributed by atoms with Gasteiger partial charge in [-0.1, -0.05) is 0 Å². The van der Waals surface area contributed by atoms with Crippen molar-refractivity contribution in [3.8, 4) is 0 Å². The summed E-state index contributed by atoms with van der Waals surface area (Å²) in [5.41, 5.74) is 0. The molecular weight excluding hydrogens is 120 g/mol. The van der Waals surface area contributed by atoms with Crippen LogP contribution in [0.25, 0.3) is 0 Å². The highest BCUT2D eigenvalue weighted by Gasteiger charge is 1.99. The Morgan fingerprint density at radius 1 is 1.56 bits per heavy atom. The molecule has 0 atom stereocenters. The Hall–Kier alpha value is -0.610. The van der Waals surface area contributed by atoms with Crippen LogP contribution in [0.15, 0.2) is 0 Å². The van der Waals surface area contributed by atoms with E-state index in [1.54, 1.807) is 19.1 Å². The van der Waals surface area contributed by atoms with Gasteiger partial charge in [-0.25, -0.2) is 5.01 Å². The van der Waals surface area contributed by atoms with E-state index in [4.69, 9.17) is 5.11 Å². The summed E-state index contributed by atoms with van der Waals surface area (Å²) in [6.07, 6.45) is 0.677. The summed E-state index contributed by atoms with van der Waals surface area (Å²) in [6.45, 7) is 0.355. The summed E-state index contributed by atoms with van der Waals surface area (Å²) < 4.78 is 0. The van der Waals surface area contributed by atoms with E-state index in [2.05, 4.69) is 0 Å². The highest BCUT2D eigenvalue weighted by Crippen LogP contribution is 1.82. The first kappa shape index (κ1) is 8.39. The van der Waals surface area contributed by atoms with E-state index in [-0.39, 0.29) is 6.61 Å². The molecule has 0 heterocycles. The van der Waals surface area contributed by atoms with Crippen LogP contribution in [0.2, 0.25) is 0 Å². The zero-order chi connectivity index (χ0) is 7.28. The van der Waals surface area contributed by atoms with Crippen LogP contribution in [0, 0.1) is 0 Å². The Morgan fingerprint density at radius 3 is 2.22 bits per heavy atom. The fourth-order valence-electron chi connectivity index (χ4n) is 0.449. The second-order valence-corrected chi connectivity index (χ2v) is 1.84. The maximum atomic E-state index is 10.1. The molecule has 0 unspecified atom stereocenters. The minimum Gasteiger partial charge on any atom is -0.394 e. The van der Waals surface area contributed by atoms with Gasteiger partial charge in [0, 0.05) is 14.1 Å². The van der Waals surface area contributed by atoms with Crippen molar-refractivity contribution in [1.29, 1.82) is 0 Å². The number of nitrogens with zero attached hydrogens (tertiary/aromatic N) is 2. The summed E-state index contributed by atoms with van der Waals surface area (Å²) in [5, 5.41) is 11.4. The number of carbonyl (C=O) groups is 1. The monoisotopic (exact) mass is 132 g/mol. The van der Waals surface area contributed by atoms with Crippen LogP contribution in [-0.2, 0) is 4.79 Å². The Morgan fingerprint density at radius 2 is 2.11 bits per heavy atom. The molecule has 1 amide bonds. The number of carbonyl (C=O) groups excluding carboxylic acids is 1. The van der Waals surface area contributed by atoms with E-state index >= 15 is 0 Å². The molecule has 0 saturated heterocycles. The largest absolute Gasteiger partial charge is 0.394 e. The minimum atomic E-state index is -0.00306. The van der Waals surface area contributed by atoms with Crippen LogP contribution >= 0.6 is 0 Å². The Bertz CT molecular complexity index is 85.0. The molecule has 0 aromatic rings. The van der Waals surface area contributed by atoms with Crippen molar-refractivity contribution < 1.29 is 9.90 Å². The molecule has 1 N–H and O–H groups in total. The van der Waals surface area contributed by atoms with E-state index in [1.165, 1.54) is 5.01 Å². The maximum Gasteiger partial charge on any atom is 0.224 e. The second kappa shape index (κ2) is 4.29. The molecule has 0 saturated carbocycles. The average molecular weight is 132 g/mol. The summed E-state index contributed by atoms with van der Waals surface area (Å²) in [4.78, 5) is 10.1. The van der Waals surface area contributed by atoms with Crippen molar-refractivity contribution in [2.75, 3.05) is 27.2 Å². The fraction of sp³-hybridized carbons (Fsp3) is 0.800. The minimum absolute atomic E-state index is 0.00306. The molecule has 0 radical (unpaired) electrons. The van der Waals surface area contributed by atoms with Crippen molar-refractivity contribution in [2.24, 2.45) is 0 Å². The quantitative estimate of drug-likeness (QED) is 0.390. The second-order valence-electron chi connectivity index (χ2n) is 1.84. The normalized spacial score (nSPS) is 9.78. The molecule has 0 fully saturated rings. The Balaban J connectivity index is 3.54. The van der Waals surface area contributed by atoms with Crippen LogP contribution in [0.3, 0.4) is 0 Å². The van der Waals surface area contributed by atoms with Crippen molar-refractivity contribution >= 4 is 6.41 Å². The van der Waals surface area contributed by atoms with Crippen LogP contribution in [0.4, 0.5) is 0 Å². The van der Waals surface area contributed by atoms with Gasteiger partial charge in [0.1, 0.15) is 0 Å². The van der Waals surface area contributed by atoms with Crippen molar-refractivity contribution in [3.05, 3.63) is 0 Å². The summed E-state index contributed by atoms with van der Waals surface area (Å²) in [6, 6.07) is 0. The van der Waals surface area contributed by atoms with Crippen LogP contribution < -0.4 is 0 Å². The lowest BCUT2D eigenvalue weighted by Gasteiger charge is -2.22. The van der Waals surface area contributed by atoms with E-state index in [1.807, 2.05) is 0 Å². The summed E-state index contributed by atoms with van der Waals surface area (Å²) in [5.74, 6) is 0. The number of aliphatic hydroxyl groups excluding tert-OH is 1. The van der Waals surface area contributed by atoms with E-state index in [0.717, 1.165) is 0 Å². The Kier molecular flexibility index (Phi) is 4.00. The summed E-state index contributed by atoms with van der Waals surface area (Å²) in [7, 11) is 3.48. The first-order chi connectivity index (χ1) is 4.22. The molecule has 54 valence electrons. The third kappa shape index (κ3) is 3.05. The number of amides is 1. The van der Waals surface area contributed by atoms with Crippen LogP contribution in [0.1, 0.15) is 0 Å². The maximum absolute atomic E-state index is 10.1. The highest BCUT2D eigenvalue weighted by atomic mass is 16.3. The number of aliphatic hydroxyl groups is 1. The molecule has 0 aliphatic heterocycles. The molecule has 0 aromatic heterocycles. The molecule has 0 aliphatic carbocycles. The number of hydrogen-bond acceptors (Lipinski definition) is 3. The van der Waals surface area contributed by atoms with Gasteiger partial charge < -0.3 is 5.11 Å². The molecule has 0 spiro atoms. The molecule has 0 bridgehead atoms. The predicted molar refractivity (Wildman–Crippen MR) is 33.5 cm³/mol. The molecular formula is C5H12N2O2. The van der Waals surface area contributed by atoms with E-state index in [0.29, 0.717) is 13.0 Å². The molecule has 9 heavy (non-hydrogen) atoms. The van der Waals surface area contributed by atoms with Gasteiger partial charge in [0.05, 0.1) is 13.2 Å². The first-order valence-corrected chi connectivity index (χ1v) is 2.72. The smallest absolute Gasteiger partial charge is 0.224 e. The molecule has 0 aliphatic rings. The van der Waals surface area contributed by atoms with Gasteiger partial charge in [-0.15, -0.1) is 0 Å². The van der Waals surface area contributed by atoms with Crippen molar-refractivity contribution in [3.63, 3.8) is 0 Å². The number of hydrogen-bond donors (Lipinski definition) is 1. The molecule has 0 rings (SSSR count). The molecule has 4 heteroatoms. The van der Waals surface area contributed by atoms with Gasteiger partial charge in [0.2, 0.25) is 6.41 Å². The first-order valence-electron chi connectivity index (χ1n) is 2.72. The zero-order valence-electron chi connectivity index (χ0n) is 5.74. The topological polar surface area (TPSA) is 43.8 Å². The fourth-order valence-corrected chi connectivity index (χ4v) is 0.449. The molecule has 4 nitrogen and oxygen atoms in total. The van der Waals surface area contributed by atoms with Crippen LogP contribution in [-0.4, -0.2) is 48.8 Å². The van der Waals surface area contributed by atoms with Crippen molar-refractivity contribution in [2.45, 2.75) is 0 Å². The number of hydrazine groups is 1. The van der Waals surface area contributed by atoms with Gasteiger partial charge in [-0.05, 0) is 0 Å². The number of rotatable bonds is 4. The van der Waals surface area contributed by atoms with Gasteiger partial charge in [0.25, 0.3) is 0 Å². The van der Waals surface area contributed by atoms with Crippen LogP contribution in [0.5, 0.6) is 0 Å². The van der Waals surface area contributed by atoms with E-state index < -0.39 is 0 Å². The predicted octanol–water partition coefficient (Wildman–Crippen LogP) is -1.09. The van der Waals surface area contributed by atoms with E-state index in [9.17, 15) is 4.79 Å². The SMILES string of the molecule is CN(C)N(C=O)CCO. The third-order valence-electron chi connectivity index (χ3n) is 0.965. The zero-order valence-corrected chi connectivity index (χ0v) is 5.74. The van der Waals surface area contributed by atoms with Gasteiger partial charge in [0.15, 0.2) is 0 Å². The van der Waals surface area contributed by atoms with Gasteiger partial charge in [-0.2, -0.15) is 0 Å². The van der Waals surface area contributed by atoms with Gasteiger partial charge in [-0.3, -0.25) is 9.80 Å². The standard InChI is InChI=1S/C5H12N2O2/c1-6(2)7(5-9)3-4-8/h5,8H,3-4H2,1-2H3. The molecule has 0 aromatic carbocycles. The Labute approximate surface area is 54.6 Å². The summed E-state index contributed by atoms with van der Waals surface area (Å²) >= 11 is 0. The average Bonchev–Trinajstić information content (AvgIpc) is 1.82. The lowest BCUT2D eigenvalue weighted by molar-refractivity contribution is -0.131. The highest BCUT2D eigenvalue weighted by molar-refractivity contribution is 5.45. The lowest BCUT2D eigenvalue weighted by Crippen LogP contribution is -2.37.